The first-order chi connectivity index (χ1) is 15.3. The fourth-order valence-electron chi connectivity index (χ4n) is 3.84. The van der Waals surface area contributed by atoms with Crippen LogP contribution in [-0.4, -0.2) is 36.6 Å². The van der Waals surface area contributed by atoms with Crippen LogP contribution in [0, 0.1) is 6.92 Å². The van der Waals surface area contributed by atoms with Crippen molar-refractivity contribution in [3.63, 3.8) is 0 Å². The monoisotopic (exact) mass is 512 g/mol. The lowest BCUT2D eigenvalue weighted by Gasteiger charge is -2.31. The van der Waals surface area contributed by atoms with Crippen molar-refractivity contribution in [2.75, 3.05) is 13.1 Å². The van der Waals surface area contributed by atoms with Crippen LogP contribution in [0.25, 0.3) is 0 Å². The van der Waals surface area contributed by atoms with Crippen molar-refractivity contribution in [3.8, 4) is 0 Å². The van der Waals surface area contributed by atoms with Crippen molar-refractivity contribution in [2.45, 2.75) is 31.3 Å². The van der Waals surface area contributed by atoms with Gasteiger partial charge in [-0.05, 0) is 54.3 Å². The van der Waals surface area contributed by atoms with Crippen molar-refractivity contribution in [2.24, 2.45) is 0 Å². The number of fused-ring (bicyclic) bond motifs is 1. The average molecular weight is 513 g/mol. The molecule has 1 heterocycles. The summed E-state index contributed by atoms with van der Waals surface area (Å²) in [5.41, 5.74) is 4.30. The second kappa shape index (κ2) is 9.57. The van der Waals surface area contributed by atoms with E-state index in [4.69, 9.17) is 0 Å². The molecule has 1 aliphatic rings. The number of benzene rings is 3. The summed E-state index contributed by atoms with van der Waals surface area (Å²) in [7, 11) is -3.86. The van der Waals surface area contributed by atoms with Gasteiger partial charge in [0.1, 0.15) is 0 Å². The smallest absolute Gasteiger partial charge is 0.243 e. The summed E-state index contributed by atoms with van der Waals surface area (Å²) in [6.07, 6.45) is 0.777. The van der Waals surface area contributed by atoms with Crippen molar-refractivity contribution in [1.29, 1.82) is 0 Å². The standard InChI is InChI=1S/C25H25BrN2O3S/c1-19-6-8-20(9-7-19)16-28(32(30,31)24-12-10-23(26)11-13-24)18-25(29)27-15-14-21-4-2-3-5-22(21)17-27/h2-13H,14-18H2,1H3. The Kier molecular flexibility index (Phi) is 6.79. The van der Waals surface area contributed by atoms with Crippen molar-refractivity contribution in [3.05, 3.63) is 99.5 Å². The van der Waals surface area contributed by atoms with E-state index in [0.717, 1.165) is 27.6 Å². The molecule has 4 rings (SSSR count). The normalized spacial score (nSPS) is 13.8. The van der Waals surface area contributed by atoms with E-state index in [1.807, 2.05) is 49.4 Å². The first-order valence-corrected chi connectivity index (χ1v) is 12.7. The SMILES string of the molecule is Cc1ccc(CN(CC(=O)N2CCc3ccccc3C2)S(=O)(=O)c2ccc(Br)cc2)cc1. The van der Waals surface area contributed by atoms with E-state index in [1.165, 1.54) is 9.87 Å². The maximum absolute atomic E-state index is 13.5. The van der Waals surface area contributed by atoms with Crippen LogP contribution in [0.5, 0.6) is 0 Å². The summed E-state index contributed by atoms with van der Waals surface area (Å²) in [5, 5.41) is 0. The van der Waals surface area contributed by atoms with E-state index in [-0.39, 0.29) is 23.9 Å². The number of amides is 1. The highest BCUT2D eigenvalue weighted by atomic mass is 79.9. The summed E-state index contributed by atoms with van der Waals surface area (Å²) >= 11 is 3.35. The van der Waals surface area contributed by atoms with Gasteiger partial charge in [0.25, 0.3) is 0 Å². The van der Waals surface area contributed by atoms with Crippen LogP contribution in [0.15, 0.2) is 82.2 Å². The molecule has 7 heteroatoms. The Morgan fingerprint density at radius 1 is 0.969 bits per heavy atom. The predicted octanol–water partition coefficient (Wildman–Crippen LogP) is 4.53. The number of carbonyl (C=O) groups excluding carboxylic acids is 1. The van der Waals surface area contributed by atoms with Gasteiger partial charge in [0.05, 0.1) is 11.4 Å². The van der Waals surface area contributed by atoms with Gasteiger partial charge in [0, 0.05) is 24.1 Å². The molecule has 0 aromatic heterocycles. The Labute approximate surface area is 197 Å². The minimum Gasteiger partial charge on any atom is -0.337 e. The molecule has 3 aromatic carbocycles. The predicted molar refractivity (Wildman–Crippen MR) is 128 cm³/mol. The lowest BCUT2D eigenvalue weighted by molar-refractivity contribution is -0.132. The fourth-order valence-corrected chi connectivity index (χ4v) is 5.48. The third kappa shape index (κ3) is 5.11. The van der Waals surface area contributed by atoms with Gasteiger partial charge in [-0.3, -0.25) is 4.79 Å². The highest BCUT2D eigenvalue weighted by Crippen LogP contribution is 2.23. The lowest BCUT2D eigenvalue weighted by atomic mass is 10.00. The molecule has 0 atom stereocenters. The summed E-state index contributed by atoms with van der Waals surface area (Å²) in [6, 6.07) is 22.3. The summed E-state index contributed by atoms with van der Waals surface area (Å²) < 4.78 is 29.0. The molecule has 0 N–H and O–H groups in total. The third-order valence-corrected chi connectivity index (χ3v) is 8.06. The molecule has 166 valence electrons. The first kappa shape index (κ1) is 22.7. The van der Waals surface area contributed by atoms with Crippen LogP contribution < -0.4 is 0 Å². The highest BCUT2D eigenvalue weighted by Gasteiger charge is 2.30. The topological polar surface area (TPSA) is 57.7 Å². The zero-order valence-corrected chi connectivity index (χ0v) is 20.3. The molecule has 0 unspecified atom stereocenters. The zero-order chi connectivity index (χ0) is 22.7. The van der Waals surface area contributed by atoms with Gasteiger partial charge < -0.3 is 4.90 Å². The van der Waals surface area contributed by atoms with E-state index in [1.54, 1.807) is 29.2 Å². The van der Waals surface area contributed by atoms with E-state index < -0.39 is 10.0 Å². The molecule has 0 radical (unpaired) electrons. The molecule has 3 aromatic rings. The molecule has 0 spiro atoms. The average Bonchev–Trinajstić information content (AvgIpc) is 2.80. The molecule has 0 saturated carbocycles. The first-order valence-electron chi connectivity index (χ1n) is 10.5. The van der Waals surface area contributed by atoms with E-state index in [0.29, 0.717) is 13.1 Å². The van der Waals surface area contributed by atoms with E-state index in [9.17, 15) is 13.2 Å². The Morgan fingerprint density at radius 2 is 1.62 bits per heavy atom. The van der Waals surface area contributed by atoms with Crippen molar-refractivity contribution < 1.29 is 13.2 Å². The van der Waals surface area contributed by atoms with Crippen LogP contribution in [0.1, 0.15) is 22.3 Å². The number of nitrogens with zero attached hydrogens (tertiary/aromatic N) is 2. The van der Waals surface area contributed by atoms with Gasteiger partial charge in [-0.1, -0.05) is 70.0 Å². The van der Waals surface area contributed by atoms with E-state index >= 15 is 0 Å². The minimum atomic E-state index is -3.86. The van der Waals surface area contributed by atoms with Crippen molar-refractivity contribution >= 4 is 31.9 Å². The number of hydrogen-bond donors (Lipinski definition) is 0. The molecule has 5 nitrogen and oxygen atoms in total. The largest absolute Gasteiger partial charge is 0.337 e. The maximum Gasteiger partial charge on any atom is 0.243 e. The Morgan fingerprint density at radius 3 is 2.31 bits per heavy atom. The Hall–Kier alpha value is -2.48. The van der Waals surface area contributed by atoms with Crippen LogP contribution in [0.4, 0.5) is 0 Å². The number of rotatable bonds is 6. The van der Waals surface area contributed by atoms with Gasteiger partial charge in [0.2, 0.25) is 15.9 Å². The van der Waals surface area contributed by atoms with Gasteiger partial charge >= 0.3 is 0 Å². The molecular formula is C25H25BrN2O3S. The fraction of sp³-hybridized carbons (Fsp3) is 0.240. The molecule has 0 fully saturated rings. The van der Waals surface area contributed by atoms with Crippen LogP contribution in [0.3, 0.4) is 0 Å². The van der Waals surface area contributed by atoms with E-state index in [2.05, 4.69) is 22.0 Å². The highest BCUT2D eigenvalue weighted by molar-refractivity contribution is 9.10. The van der Waals surface area contributed by atoms with Gasteiger partial charge in [-0.25, -0.2) is 8.42 Å². The lowest BCUT2D eigenvalue weighted by Crippen LogP contribution is -2.44. The van der Waals surface area contributed by atoms with Gasteiger partial charge in [0.15, 0.2) is 0 Å². The van der Waals surface area contributed by atoms with Crippen LogP contribution >= 0.6 is 15.9 Å². The maximum atomic E-state index is 13.5. The molecule has 1 amide bonds. The molecular weight excluding hydrogens is 488 g/mol. The molecule has 32 heavy (non-hydrogen) atoms. The third-order valence-electron chi connectivity index (χ3n) is 5.73. The number of halogens is 1. The number of hydrogen-bond acceptors (Lipinski definition) is 3. The minimum absolute atomic E-state index is 0.134. The Balaban J connectivity index is 1.59. The summed E-state index contributed by atoms with van der Waals surface area (Å²) in [6.45, 7) is 3.01. The number of carbonyl (C=O) groups is 1. The van der Waals surface area contributed by atoms with Crippen LogP contribution in [-0.2, 0) is 34.3 Å². The quantitative estimate of drug-likeness (QED) is 0.487. The molecule has 0 bridgehead atoms. The van der Waals surface area contributed by atoms with Crippen molar-refractivity contribution in [1.82, 2.24) is 9.21 Å². The summed E-state index contributed by atoms with van der Waals surface area (Å²) in [5.74, 6) is -0.188. The van der Waals surface area contributed by atoms with Gasteiger partial charge in [-0.15, -0.1) is 0 Å². The van der Waals surface area contributed by atoms with Crippen LogP contribution in [0.2, 0.25) is 0 Å². The van der Waals surface area contributed by atoms with Gasteiger partial charge in [-0.2, -0.15) is 4.31 Å². The zero-order valence-electron chi connectivity index (χ0n) is 17.9. The molecule has 0 saturated heterocycles. The summed E-state index contributed by atoms with van der Waals surface area (Å²) in [4.78, 5) is 15.1. The second-order valence-electron chi connectivity index (χ2n) is 8.05. The number of sulfonamides is 1. The molecule has 1 aliphatic heterocycles. The Bertz CT molecular complexity index is 1210. The number of aryl methyl sites for hydroxylation is 1. The second-order valence-corrected chi connectivity index (χ2v) is 10.9. The molecule has 0 aliphatic carbocycles.